The summed E-state index contributed by atoms with van der Waals surface area (Å²) in [6.45, 7) is 0.0687. The zero-order valence-electron chi connectivity index (χ0n) is 19.6. The van der Waals surface area contributed by atoms with Gasteiger partial charge in [0.25, 0.3) is 5.91 Å². The van der Waals surface area contributed by atoms with Crippen molar-refractivity contribution >= 4 is 29.3 Å². The summed E-state index contributed by atoms with van der Waals surface area (Å²) in [7, 11) is 2.83. The summed E-state index contributed by atoms with van der Waals surface area (Å²) in [5, 5.41) is 2.97. The number of anilines is 1. The molecule has 1 aliphatic heterocycles. The molecule has 1 saturated heterocycles. The van der Waals surface area contributed by atoms with Crippen molar-refractivity contribution in [1.29, 1.82) is 0 Å². The van der Waals surface area contributed by atoms with Gasteiger partial charge in [0.2, 0.25) is 5.88 Å². The number of pyridine rings is 1. The van der Waals surface area contributed by atoms with Crippen LogP contribution in [0.1, 0.15) is 27.9 Å². The Balaban J connectivity index is 1.56. The quantitative estimate of drug-likeness (QED) is 0.501. The summed E-state index contributed by atoms with van der Waals surface area (Å²) in [5.41, 5.74) is 4.80. The molecule has 0 unspecified atom stereocenters. The average molecular weight is 531 g/mol. The minimum atomic E-state index is -4.54. The lowest BCUT2D eigenvalue weighted by molar-refractivity contribution is -0.149. The molecule has 2 atom stereocenters. The number of aromatic nitrogens is 1. The lowest BCUT2D eigenvalue weighted by Crippen LogP contribution is -2.55. The third kappa shape index (κ3) is 6.77. The van der Waals surface area contributed by atoms with E-state index < -0.39 is 42.4 Å². The number of esters is 1. The number of nitrogens with two attached hydrogens (primary N) is 1. The predicted octanol–water partition coefficient (Wildman–Crippen LogP) is 2.91. The van der Waals surface area contributed by atoms with Gasteiger partial charge in [-0.15, -0.1) is 0 Å². The molecule has 3 N–H and O–H groups in total. The van der Waals surface area contributed by atoms with E-state index in [2.05, 4.69) is 10.3 Å². The fourth-order valence-corrected chi connectivity index (χ4v) is 4.04. The number of ether oxygens (including phenoxy) is 3. The van der Waals surface area contributed by atoms with Crippen LogP contribution in [-0.2, 0) is 27.1 Å². The van der Waals surface area contributed by atoms with Gasteiger partial charge in [0, 0.05) is 25.8 Å². The number of carbonyl (C=O) groups excluding carboxylic acids is 2. The molecule has 13 heteroatoms. The van der Waals surface area contributed by atoms with Crippen molar-refractivity contribution < 1.29 is 37.0 Å². The van der Waals surface area contributed by atoms with Gasteiger partial charge in [-0.05, 0) is 18.6 Å². The molecule has 1 amide bonds. The van der Waals surface area contributed by atoms with Crippen LogP contribution >= 0.6 is 11.6 Å². The van der Waals surface area contributed by atoms with Crippen LogP contribution in [0.15, 0.2) is 30.3 Å². The molecule has 2 heterocycles. The van der Waals surface area contributed by atoms with E-state index in [1.54, 1.807) is 4.90 Å². The van der Waals surface area contributed by atoms with Crippen LogP contribution in [0, 0.1) is 0 Å². The molecule has 0 aliphatic carbocycles. The first-order valence-electron chi connectivity index (χ1n) is 10.9. The van der Waals surface area contributed by atoms with Gasteiger partial charge in [-0.3, -0.25) is 14.5 Å². The third-order valence-electron chi connectivity index (χ3n) is 5.73. The lowest BCUT2D eigenvalue weighted by Gasteiger charge is -2.37. The third-order valence-corrected chi connectivity index (χ3v) is 6.04. The highest BCUT2D eigenvalue weighted by Gasteiger charge is 2.34. The van der Waals surface area contributed by atoms with Crippen LogP contribution in [0.25, 0.3) is 0 Å². The summed E-state index contributed by atoms with van der Waals surface area (Å²) in [6.07, 6.45) is -4.57. The molecule has 36 heavy (non-hydrogen) atoms. The average Bonchev–Trinajstić information content (AvgIpc) is 2.84. The number of benzene rings is 1. The Bertz CT molecular complexity index is 1100. The van der Waals surface area contributed by atoms with Crippen LogP contribution in [0.4, 0.5) is 19.0 Å². The first-order valence-corrected chi connectivity index (χ1v) is 11.3. The lowest BCUT2D eigenvalue weighted by atomic mass is 10.0. The maximum Gasteiger partial charge on any atom is 0.416 e. The zero-order valence-corrected chi connectivity index (χ0v) is 20.4. The number of rotatable bonds is 8. The molecular formula is C23H26ClF3N4O5. The van der Waals surface area contributed by atoms with Crippen LogP contribution in [0.5, 0.6) is 5.88 Å². The number of hydrogen-bond donors (Lipinski definition) is 2. The summed E-state index contributed by atoms with van der Waals surface area (Å²) in [4.78, 5) is 30.9. The number of alkyl halides is 3. The van der Waals surface area contributed by atoms with E-state index in [9.17, 15) is 22.8 Å². The van der Waals surface area contributed by atoms with Gasteiger partial charge in [0.1, 0.15) is 18.0 Å². The molecule has 1 fully saturated rings. The predicted molar refractivity (Wildman–Crippen MR) is 125 cm³/mol. The number of halogens is 4. The Morgan fingerprint density at radius 1 is 1.28 bits per heavy atom. The van der Waals surface area contributed by atoms with Crippen molar-refractivity contribution in [3.63, 3.8) is 0 Å². The maximum atomic E-state index is 13.1. The summed E-state index contributed by atoms with van der Waals surface area (Å²) >= 11 is 5.99. The largest absolute Gasteiger partial charge is 0.480 e. The molecule has 3 rings (SSSR count). The Labute approximate surface area is 210 Å². The van der Waals surface area contributed by atoms with E-state index in [-0.39, 0.29) is 40.9 Å². The number of likely N-dealkylation sites (tertiary alicyclic amines) is 1. The van der Waals surface area contributed by atoms with Crippen molar-refractivity contribution in [2.45, 2.75) is 31.3 Å². The van der Waals surface area contributed by atoms with E-state index >= 15 is 0 Å². The SMILES string of the molecule is COc1nc(N)c(Cl)cc1C(=O)N[C@H]1CCN(CC(=O)OCc2ccccc2C(F)(F)F)C[C@H]1OC. The fourth-order valence-electron chi connectivity index (χ4n) is 3.89. The number of methoxy groups -OCH3 is 2. The molecule has 1 aromatic carbocycles. The number of hydrogen-bond acceptors (Lipinski definition) is 8. The summed E-state index contributed by atoms with van der Waals surface area (Å²) < 4.78 is 55.1. The highest BCUT2D eigenvalue weighted by Crippen LogP contribution is 2.32. The Hall–Kier alpha value is -3.09. The van der Waals surface area contributed by atoms with Gasteiger partial charge >= 0.3 is 12.1 Å². The first kappa shape index (κ1) is 27.5. The topological polar surface area (TPSA) is 116 Å². The van der Waals surface area contributed by atoms with E-state index in [1.165, 1.54) is 38.5 Å². The number of amides is 1. The molecule has 0 radical (unpaired) electrons. The Morgan fingerprint density at radius 3 is 2.67 bits per heavy atom. The van der Waals surface area contributed by atoms with Crippen molar-refractivity contribution in [1.82, 2.24) is 15.2 Å². The molecule has 2 aromatic rings. The highest BCUT2D eigenvalue weighted by molar-refractivity contribution is 6.33. The van der Waals surface area contributed by atoms with Crippen molar-refractivity contribution in [2.75, 3.05) is 39.6 Å². The molecule has 1 aliphatic rings. The van der Waals surface area contributed by atoms with Gasteiger partial charge in [0.15, 0.2) is 0 Å². The van der Waals surface area contributed by atoms with Crippen molar-refractivity contribution in [2.24, 2.45) is 0 Å². The number of carbonyl (C=O) groups is 2. The minimum absolute atomic E-state index is 0.0237. The van der Waals surface area contributed by atoms with Gasteiger partial charge in [-0.2, -0.15) is 18.2 Å². The van der Waals surface area contributed by atoms with Gasteiger partial charge in [0.05, 0.1) is 36.4 Å². The molecule has 1 aromatic heterocycles. The van der Waals surface area contributed by atoms with Crippen LogP contribution in [-0.4, -0.2) is 67.8 Å². The normalized spacial score (nSPS) is 18.5. The molecule has 0 spiro atoms. The number of piperidine rings is 1. The van der Waals surface area contributed by atoms with E-state index in [0.29, 0.717) is 13.0 Å². The fraction of sp³-hybridized carbons (Fsp3) is 0.435. The standard InChI is InChI=1S/C23H26ClF3N4O5/c1-34-18-10-31(11-19(32)36-12-13-5-3-4-6-15(13)23(25,26)27)8-7-17(18)29-21(33)14-9-16(24)20(28)30-22(14)35-2/h3-6,9,17-18H,7-8,10-12H2,1-2H3,(H2,28,30)(H,29,33)/t17-,18+/m0/s1. The first-order chi connectivity index (χ1) is 17.0. The maximum absolute atomic E-state index is 13.1. The molecule has 196 valence electrons. The molecule has 0 saturated carbocycles. The monoisotopic (exact) mass is 530 g/mol. The highest BCUT2D eigenvalue weighted by atomic mass is 35.5. The molecule has 9 nitrogen and oxygen atoms in total. The van der Waals surface area contributed by atoms with Crippen LogP contribution < -0.4 is 15.8 Å². The van der Waals surface area contributed by atoms with Crippen LogP contribution in [0.3, 0.4) is 0 Å². The van der Waals surface area contributed by atoms with E-state index in [1.807, 2.05) is 0 Å². The van der Waals surface area contributed by atoms with Gasteiger partial charge in [-0.25, -0.2) is 0 Å². The Morgan fingerprint density at radius 2 is 2.00 bits per heavy atom. The molecule has 0 bridgehead atoms. The summed E-state index contributed by atoms with van der Waals surface area (Å²) in [5.74, 6) is -1.10. The minimum Gasteiger partial charge on any atom is -0.480 e. The second-order valence-electron chi connectivity index (χ2n) is 8.11. The van der Waals surface area contributed by atoms with E-state index in [0.717, 1.165) is 6.07 Å². The number of nitrogens with zero attached hydrogens (tertiary/aromatic N) is 2. The second-order valence-corrected chi connectivity index (χ2v) is 8.51. The van der Waals surface area contributed by atoms with Crippen molar-refractivity contribution in [3.05, 3.63) is 52.0 Å². The summed E-state index contributed by atoms with van der Waals surface area (Å²) in [6, 6.07) is 5.90. The zero-order chi connectivity index (χ0) is 26.5. The van der Waals surface area contributed by atoms with Crippen LogP contribution in [0.2, 0.25) is 5.02 Å². The second kappa shape index (κ2) is 11.8. The van der Waals surface area contributed by atoms with Crippen molar-refractivity contribution in [3.8, 4) is 5.88 Å². The van der Waals surface area contributed by atoms with Gasteiger partial charge in [-0.1, -0.05) is 29.8 Å². The smallest absolute Gasteiger partial charge is 0.416 e. The Kier molecular flexibility index (Phi) is 8.98. The van der Waals surface area contributed by atoms with E-state index in [4.69, 9.17) is 31.5 Å². The van der Waals surface area contributed by atoms with Gasteiger partial charge < -0.3 is 25.3 Å². The number of nitrogen functional groups attached to an aromatic ring is 1. The molecular weight excluding hydrogens is 505 g/mol. The number of nitrogens with one attached hydrogen (secondary N) is 1.